The highest BCUT2D eigenvalue weighted by atomic mass is 16.4. The molecule has 0 aromatic heterocycles. The maximum Gasteiger partial charge on any atom is 0.0637 e. The average molecular weight is 183 g/mol. The van der Waals surface area contributed by atoms with Crippen LogP contribution < -0.4 is 0 Å². The molecule has 1 fully saturated rings. The smallest absolute Gasteiger partial charge is 0.0637 e. The quantitative estimate of drug-likeness (QED) is 0.492. The Balaban J connectivity index is 2.94. The third-order valence-electron chi connectivity index (χ3n) is 3.83. The molecule has 0 aromatic rings. The van der Waals surface area contributed by atoms with Crippen molar-refractivity contribution in [1.82, 2.24) is 0 Å². The van der Waals surface area contributed by atoms with Crippen molar-refractivity contribution in [3.63, 3.8) is 0 Å². The molecule has 0 amide bonds. The number of oxime groups is 1. The van der Waals surface area contributed by atoms with E-state index < -0.39 is 0 Å². The van der Waals surface area contributed by atoms with Gasteiger partial charge in [0.25, 0.3) is 0 Å². The zero-order chi connectivity index (χ0) is 10.2. The lowest BCUT2D eigenvalue weighted by atomic mass is 9.84. The maximum atomic E-state index is 8.98. The van der Waals surface area contributed by atoms with Gasteiger partial charge in [-0.15, -0.1) is 0 Å². The molecule has 0 heterocycles. The van der Waals surface area contributed by atoms with Crippen LogP contribution in [-0.2, 0) is 0 Å². The largest absolute Gasteiger partial charge is 0.411 e. The molecule has 0 aromatic carbocycles. The van der Waals surface area contributed by atoms with E-state index >= 15 is 0 Å². The fourth-order valence-corrected chi connectivity index (χ4v) is 2.73. The van der Waals surface area contributed by atoms with E-state index in [0.29, 0.717) is 29.6 Å². The molecule has 4 atom stereocenters. The zero-order valence-electron chi connectivity index (χ0n) is 9.28. The Hall–Kier alpha value is -0.530. The van der Waals surface area contributed by atoms with Gasteiger partial charge in [-0.2, -0.15) is 0 Å². The molecule has 76 valence electrons. The number of hydrogen-bond donors (Lipinski definition) is 1. The molecule has 0 spiro atoms. The molecule has 0 radical (unpaired) electrons. The van der Waals surface area contributed by atoms with Gasteiger partial charge in [0.15, 0.2) is 0 Å². The highest BCUT2D eigenvalue weighted by molar-refractivity contribution is 5.91. The second-order valence-electron chi connectivity index (χ2n) is 4.80. The van der Waals surface area contributed by atoms with Crippen molar-refractivity contribution in [1.29, 1.82) is 0 Å². The molecule has 1 aliphatic rings. The third kappa shape index (κ3) is 1.59. The number of nitrogens with zero attached hydrogens (tertiary/aromatic N) is 1. The first-order valence-corrected chi connectivity index (χ1v) is 5.22. The van der Waals surface area contributed by atoms with Crippen molar-refractivity contribution < 1.29 is 5.21 Å². The number of rotatable bonds is 1. The van der Waals surface area contributed by atoms with Crippen LogP contribution >= 0.6 is 0 Å². The first kappa shape index (κ1) is 10.6. The van der Waals surface area contributed by atoms with Gasteiger partial charge in [0.05, 0.1) is 5.71 Å². The molecule has 1 rings (SSSR count). The Labute approximate surface area is 81.0 Å². The summed E-state index contributed by atoms with van der Waals surface area (Å²) in [6, 6.07) is 0. The summed E-state index contributed by atoms with van der Waals surface area (Å²) < 4.78 is 0. The Bertz CT molecular complexity index is 210. The van der Waals surface area contributed by atoms with E-state index in [1.807, 2.05) is 0 Å². The van der Waals surface area contributed by atoms with E-state index in [2.05, 4.69) is 39.8 Å². The first-order valence-electron chi connectivity index (χ1n) is 5.22. The van der Waals surface area contributed by atoms with Gasteiger partial charge in [-0.1, -0.05) is 39.8 Å². The van der Waals surface area contributed by atoms with Crippen molar-refractivity contribution in [3.8, 4) is 0 Å². The first-order chi connectivity index (χ1) is 6.00. The van der Waals surface area contributed by atoms with E-state index in [0.717, 1.165) is 5.71 Å². The van der Waals surface area contributed by atoms with Crippen LogP contribution in [0, 0.1) is 29.6 Å². The predicted octanol–water partition coefficient (Wildman–Crippen LogP) is 3.01. The molecule has 1 N–H and O–H groups in total. The molecule has 0 saturated heterocycles. The second-order valence-corrected chi connectivity index (χ2v) is 4.80. The van der Waals surface area contributed by atoms with E-state index in [-0.39, 0.29) is 0 Å². The molecule has 0 bridgehead atoms. The zero-order valence-corrected chi connectivity index (χ0v) is 9.28. The molecule has 0 aliphatic heterocycles. The average Bonchev–Trinajstić information content (AvgIpc) is 2.29. The summed E-state index contributed by atoms with van der Waals surface area (Å²) >= 11 is 0. The van der Waals surface area contributed by atoms with Gasteiger partial charge in [-0.25, -0.2) is 0 Å². The predicted molar refractivity (Wildman–Crippen MR) is 55.0 cm³/mol. The Morgan fingerprint density at radius 1 is 1.15 bits per heavy atom. The lowest BCUT2D eigenvalue weighted by Crippen LogP contribution is -2.21. The van der Waals surface area contributed by atoms with Crippen LogP contribution in [0.4, 0.5) is 0 Å². The minimum absolute atomic E-state index is 0.437. The lowest BCUT2D eigenvalue weighted by molar-refractivity contribution is 0.290. The highest BCUT2D eigenvalue weighted by Gasteiger charge is 2.42. The molecular formula is C11H21NO. The van der Waals surface area contributed by atoms with E-state index in [9.17, 15) is 0 Å². The molecule has 13 heavy (non-hydrogen) atoms. The fourth-order valence-electron chi connectivity index (χ4n) is 2.73. The molecule has 2 heteroatoms. The van der Waals surface area contributed by atoms with Crippen molar-refractivity contribution >= 4 is 5.71 Å². The van der Waals surface area contributed by atoms with Crippen molar-refractivity contribution in [2.24, 2.45) is 34.7 Å². The normalized spacial score (nSPS) is 43.4. The molecular weight excluding hydrogens is 162 g/mol. The van der Waals surface area contributed by atoms with Crippen LogP contribution in [0.3, 0.4) is 0 Å². The summed E-state index contributed by atoms with van der Waals surface area (Å²) in [6.45, 7) is 11.1. The Morgan fingerprint density at radius 2 is 1.69 bits per heavy atom. The van der Waals surface area contributed by atoms with Crippen molar-refractivity contribution in [2.45, 2.75) is 34.6 Å². The monoisotopic (exact) mass is 183 g/mol. The van der Waals surface area contributed by atoms with Gasteiger partial charge in [-0.05, 0) is 17.8 Å². The topological polar surface area (TPSA) is 32.6 Å². The van der Waals surface area contributed by atoms with E-state index in [1.165, 1.54) is 0 Å². The molecule has 1 saturated carbocycles. The van der Waals surface area contributed by atoms with Crippen molar-refractivity contribution in [2.75, 3.05) is 0 Å². The van der Waals surface area contributed by atoms with Gasteiger partial charge in [0.2, 0.25) is 0 Å². The van der Waals surface area contributed by atoms with Gasteiger partial charge < -0.3 is 5.21 Å². The summed E-state index contributed by atoms with van der Waals surface area (Å²) in [6.07, 6.45) is 0. The maximum absolute atomic E-state index is 8.98. The molecule has 1 aliphatic carbocycles. The SMILES string of the molecule is CC(C)C1/C(=N/O)C(C)C(C)C1C. The van der Waals surface area contributed by atoms with Crippen molar-refractivity contribution in [3.05, 3.63) is 0 Å². The highest BCUT2D eigenvalue weighted by Crippen LogP contribution is 2.42. The number of hydrogen-bond acceptors (Lipinski definition) is 2. The minimum atomic E-state index is 0.437. The summed E-state index contributed by atoms with van der Waals surface area (Å²) in [7, 11) is 0. The lowest BCUT2D eigenvalue weighted by Gasteiger charge is -2.21. The van der Waals surface area contributed by atoms with Crippen LogP contribution in [0.15, 0.2) is 5.16 Å². The van der Waals surface area contributed by atoms with Crippen LogP contribution in [0.25, 0.3) is 0 Å². The van der Waals surface area contributed by atoms with Crippen LogP contribution in [0.2, 0.25) is 0 Å². The van der Waals surface area contributed by atoms with Crippen LogP contribution in [0.1, 0.15) is 34.6 Å². The van der Waals surface area contributed by atoms with Crippen LogP contribution in [0.5, 0.6) is 0 Å². The molecule has 2 nitrogen and oxygen atoms in total. The van der Waals surface area contributed by atoms with Gasteiger partial charge in [0, 0.05) is 11.8 Å². The van der Waals surface area contributed by atoms with Gasteiger partial charge in [0.1, 0.15) is 0 Å². The standard InChI is InChI=1S/C11H21NO/c1-6(2)10-8(4)7(3)9(5)11(10)12-13/h6-10,13H,1-5H3/b12-11+. The van der Waals surface area contributed by atoms with E-state index in [1.54, 1.807) is 0 Å². The van der Waals surface area contributed by atoms with Crippen LogP contribution in [-0.4, -0.2) is 10.9 Å². The summed E-state index contributed by atoms with van der Waals surface area (Å²) in [5, 5.41) is 12.5. The molecule has 4 unspecified atom stereocenters. The Kier molecular flexibility index (Phi) is 2.99. The van der Waals surface area contributed by atoms with E-state index in [4.69, 9.17) is 5.21 Å². The Morgan fingerprint density at radius 3 is 2.00 bits per heavy atom. The van der Waals surface area contributed by atoms with Gasteiger partial charge >= 0.3 is 0 Å². The summed E-state index contributed by atoms with van der Waals surface area (Å²) in [5.74, 6) is 2.76. The summed E-state index contributed by atoms with van der Waals surface area (Å²) in [5.41, 5.74) is 1.01. The second kappa shape index (κ2) is 3.69. The van der Waals surface area contributed by atoms with Gasteiger partial charge in [-0.3, -0.25) is 0 Å². The summed E-state index contributed by atoms with van der Waals surface area (Å²) in [4.78, 5) is 0. The minimum Gasteiger partial charge on any atom is -0.411 e. The third-order valence-corrected chi connectivity index (χ3v) is 3.83. The fraction of sp³-hybridized carbons (Fsp3) is 0.909.